The molecular weight excluding hydrogens is 276 g/mol. The SMILES string of the molecule is CC(C)NC(C)C.C[Si](C)(C)OC1=CCC(F)(F)CC1. The molecule has 120 valence electrons. The van der Waals surface area contributed by atoms with Gasteiger partial charge in [0.05, 0.1) is 5.76 Å². The number of nitrogens with one attached hydrogen (secondary N) is 1. The van der Waals surface area contributed by atoms with Gasteiger partial charge in [0, 0.05) is 31.3 Å². The first-order valence-electron chi connectivity index (χ1n) is 7.43. The summed E-state index contributed by atoms with van der Waals surface area (Å²) in [6.45, 7) is 14.8. The van der Waals surface area contributed by atoms with Crippen molar-refractivity contribution in [2.75, 3.05) is 0 Å². The van der Waals surface area contributed by atoms with Crippen LogP contribution in [0.15, 0.2) is 11.8 Å². The van der Waals surface area contributed by atoms with E-state index in [-0.39, 0.29) is 12.8 Å². The topological polar surface area (TPSA) is 21.3 Å². The van der Waals surface area contributed by atoms with Crippen LogP contribution in [0.2, 0.25) is 19.6 Å². The molecule has 0 bridgehead atoms. The molecule has 0 atom stereocenters. The van der Waals surface area contributed by atoms with Crippen LogP contribution in [0.5, 0.6) is 0 Å². The number of hydrogen-bond acceptors (Lipinski definition) is 2. The smallest absolute Gasteiger partial charge is 0.252 e. The highest BCUT2D eigenvalue weighted by molar-refractivity contribution is 6.70. The Labute approximate surface area is 124 Å². The molecule has 0 aromatic heterocycles. The normalized spacial score (nSPS) is 18.4. The van der Waals surface area contributed by atoms with Crippen molar-refractivity contribution >= 4 is 8.32 Å². The molecule has 0 saturated carbocycles. The molecule has 1 N–H and O–H groups in total. The second-order valence-corrected chi connectivity index (χ2v) is 11.3. The Morgan fingerprint density at radius 1 is 1.15 bits per heavy atom. The summed E-state index contributed by atoms with van der Waals surface area (Å²) in [5.74, 6) is -1.74. The van der Waals surface area contributed by atoms with Crippen LogP contribution in [0.4, 0.5) is 8.78 Å². The van der Waals surface area contributed by atoms with E-state index in [2.05, 4.69) is 52.7 Å². The molecule has 2 nitrogen and oxygen atoms in total. The minimum atomic E-state index is -2.51. The van der Waals surface area contributed by atoms with Gasteiger partial charge < -0.3 is 9.74 Å². The molecule has 0 aromatic rings. The molecule has 0 unspecified atom stereocenters. The van der Waals surface area contributed by atoms with Crippen molar-refractivity contribution in [1.82, 2.24) is 5.32 Å². The van der Waals surface area contributed by atoms with E-state index in [1.54, 1.807) is 6.08 Å². The Morgan fingerprint density at radius 3 is 1.90 bits per heavy atom. The van der Waals surface area contributed by atoms with Gasteiger partial charge in [0.25, 0.3) is 5.92 Å². The van der Waals surface area contributed by atoms with E-state index < -0.39 is 14.2 Å². The van der Waals surface area contributed by atoms with Crippen LogP contribution < -0.4 is 5.32 Å². The lowest BCUT2D eigenvalue weighted by Gasteiger charge is -2.27. The van der Waals surface area contributed by atoms with Gasteiger partial charge in [0.15, 0.2) is 0 Å². The van der Waals surface area contributed by atoms with E-state index in [1.165, 1.54) is 0 Å². The predicted octanol–water partition coefficient (Wildman–Crippen LogP) is 4.93. The lowest BCUT2D eigenvalue weighted by Crippen LogP contribution is -2.29. The number of allylic oxidation sites excluding steroid dienone is 2. The van der Waals surface area contributed by atoms with Gasteiger partial charge in [-0.05, 0) is 25.7 Å². The van der Waals surface area contributed by atoms with E-state index in [4.69, 9.17) is 4.43 Å². The highest BCUT2D eigenvalue weighted by Crippen LogP contribution is 2.33. The van der Waals surface area contributed by atoms with Crippen LogP contribution in [-0.4, -0.2) is 26.3 Å². The first-order valence-corrected chi connectivity index (χ1v) is 10.8. The molecule has 0 spiro atoms. The first kappa shape index (κ1) is 19.6. The monoisotopic (exact) mass is 307 g/mol. The van der Waals surface area contributed by atoms with Crippen molar-refractivity contribution < 1.29 is 13.2 Å². The zero-order valence-electron chi connectivity index (χ0n) is 14.0. The van der Waals surface area contributed by atoms with Crippen molar-refractivity contribution in [1.29, 1.82) is 0 Å². The molecule has 1 rings (SSSR count). The molecule has 0 aliphatic heterocycles. The molecule has 1 aliphatic carbocycles. The lowest BCUT2D eigenvalue weighted by molar-refractivity contribution is -0.0128. The zero-order valence-corrected chi connectivity index (χ0v) is 15.0. The van der Waals surface area contributed by atoms with Crippen molar-refractivity contribution in [3.8, 4) is 0 Å². The van der Waals surface area contributed by atoms with Crippen LogP contribution >= 0.6 is 0 Å². The van der Waals surface area contributed by atoms with Gasteiger partial charge in [0.2, 0.25) is 8.32 Å². The summed E-state index contributed by atoms with van der Waals surface area (Å²) in [7, 11) is -1.60. The maximum absolute atomic E-state index is 12.7. The fourth-order valence-corrected chi connectivity index (χ4v) is 2.90. The van der Waals surface area contributed by atoms with Crippen molar-refractivity contribution in [3.63, 3.8) is 0 Å². The predicted molar refractivity (Wildman–Crippen MR) is 84.7 cm³/mol. The second-order valence-electron chi connectivity index (χ2n) is 6.92. The fraction of sp³-hybridized carbons (Fsp3) is 0.867. The van der Waals surface area contributed by atoms with Crippen LogP contribution in [0.3, 0.4) is 0 Å². The summed E-state index contributed by atoms with van der Waals surface area (Å²) in [6, 6.07) is 1.25. The number of rotatable bonds is 4. The molecule has 0 heterocycles. The molecule has 1 aliphatic rings. The van der Waals surface area contributed by atoms with Crippen LogP contribution in [0.1, 0.15) is 47.0 Å². The highest BCUT2D eigenvalue weighted by atomic mass is 28.4. The summed E-state index contributed by atoms with van der Waals surface area (Å²) >= 11 is 0. The standard InChI is InChI=1S/C9H16F2OSi.C6H15N/c1-13(2,3)12-8-4-6-9(10,11)7-5-8;1-5(2)7-6(3)4/h4H,5-7H2,1-3H3;5-7H,1-4H3. The molecule has 0 saturated heterocycles. The Bertz CT molecular complexity index is 303. The van der Waals surface area contributed by atoms with E-state index in [0.29, 0.717) is 18.5 Å². The molecule has 0 radical (unpaired) electrons. The van der Waals surface area contributed by atoms with E-state index in [1.807, 2.05) is 0 Å². The maximum Gasteiger partial charge on any atom is 0.252 e. The second kappa shape index (κ2) is 8.13. The van der Waals surface area contributed by atoms with Gasteiger partial charge in [-0.3, -0.25) is 0 Å². The molecular formula is C15H31F2NOSi. The third kappa shape index (κ3) is 11.4. The summed E-state index contributed by atoms with van der Waals surface area (Å²) < 4.78 is 31.1. The molecule has 0 aromatic carbocycles. The van der Waals surface area contributed by atoms with E-state index in [0.717, 1.165) is 5.76 Å². The van der Waals surface area contributed by atoms with Crippen molar-refractivity contribution in [2.24, 2.45) is 0 Å². The lowest BCUT2D eigenvalue weighted by atomic mass is 10.0. The Morgan fingerprint density at radius 2 is 1.65 bits per heavy atom. The van der Waals surface area contributed by atoms with Gasteiger partial charge in [-0.15, -0.1) is 0 Å². The van der Waals surface area contributed by atoms with Gasteiger partial charge in [-0.25, -0.2) is 8.78 Å². The fourth-order valence-electron chi connectivity index (χ4n) is 1.93. The summed E-state index contributed by atoms with van der Waals surface area (Å²) in [5.41, 5.74) is 0. The van der Waals surface area contributed by atoms with Crippen LogP contribution in [0, 0.1) is 0 Å². The average Bonchev–Trinajstić information content (AvgIpc) is 2.18. The number of halogens is 2. The molecule has 5 heteroatoms. The van der Waals surface area contributed by atoms with Gasteiger partial charge in [-0.2, -0.15) is 0 Å². The van der Waals surface area contributed by atoms with Gasteiger partial charge in [-0.1, -0.05) is 27.7 Å². The van der Waals surface area contributed by atoms with E-state index in [9.17, 15) is 8.78 Å². The third-order valence-corrected chi connectivity index (χ3v) is 3.34. The maximum atomic E-state index is 12.7. The Kier molecular flexibility index (Phi) is 7.95. The van der Waals surface area contributed by atoms with Crippen molar-refractivity contribution in [2.45, 2.75) is 84.6 Å². The molecule has 20 heavy (non-hydrogen) atoms. The minimum Gasteiger partial charge on any atom is -0.548 e. The first-order chi connectivity index (χ1) is 8.91. The number of alkyl halides is 2. The van der Waals surface area contributed by atoms with Crippen LogP contribution in [0.25, 0.3) is 0 Å². The Hall–Kier alpha value is -0.423. The summed E-state index contributed by atoms with van der Waals surface area (Å²) in [6.07, 6.45) is 1.70. The van der Waals surface area contributed by atoms with Gasteiger partial charge in [0.1, 0.15) is 0 Å². The Balaban J connectivity index is 0.000000441. The average molecular weight is 308 g/mol. The minimum absolute atomic E-state index is 0.0662. The largest absolute Gasteiger partial charge is 0.548 e. The van der Waals surface area contributed by atoms with Crippen molar-refractivity contribution in [3.05, 3.63) is 11.8 Å². The van der Waals surface area contributed by atoms with Gasteiger partial charge >= 0.3 is 0 Å². The molecule has 0 amide bonds. The molecule has 0 fully saturated rings. The zero-order chi connectivity index (χ0) is 16.0. The highest BCUT2D eigenvalue weighted by Gasteiger charge is 2.32. The summed E-state index contributed by atoms with van der Waals surface area (Å²) in [4.78, 5) is 0. The van der Waals surface area contributed by atoms with Crippen LogP contribution in [-0.2, 0) is 4.43 Å². The quantitative estimate of drug-likeness (QED) is 0.743. The third-order valence-electron chi connectivity index (χ3n) is 2.47. The number of hydrogen-bond donors (Lipinski definition) is 1. The summed E-state index contributed by atoms with van der Waals surface area (Å²) in [5, 5.41) is 3.31. The van der Waals surface area contributed by atoms with E-state index >= 15 is 0 Å².